The molecule has 1 fully saturated rings. The fraction of sp³-hybridized carbons (Fsp3) is 0.889. The minimum atomic E-state index is -2.66. The molecule has 0 aromatic rings. The summed E-state index contributed by atoms with van der Waals surface area (Å²) in [5.41, 5.74) is 0. The lowest BCUT2D eigenvalue weighted by Gasteiger charge is -2.09. The highest BCUT2D eigenvalue weighted by Crippen LogP contribution is 2.17. The molecule has 0 aromatic carbocycles. The smallest absolute Gasteiger partial charge is 0.232 e. The average molecular weight is 370 g/mol. The molecule has 1 atom stereocenters. The first kappa shape index (κ1) is 34.4. The van der Waals surface area contributed by atoms with Crippen LogP contribution >= 0.6 is 0 Å². The summed E-state index contributed by atoms with van der Waals surface area (Å²) in [6.07, 6.45) is 1.61. The average Bonchev–Trinajstić information content (AvgIpc) is 2.86. The first-order valence-electron chi connectivity index (χ1n) is 9.24. The van der Waals surface area contributed by atoms with Crippen molar-refractivity contribution >= 4 is 21.7 Å². The molecule has 2 amide bonds. The number of carbonyl (C=O) groups is 2. The number of amides is 2. The van der Waals surface area contributed by atoms with Gasteiger partial charge in [-0.15, -0.1) is 0 Å². The van der Waals surface area contributed by atoms with E-state index >= 15 is 0 Å². The van der Waals surface area contributed by atoms with Crippen LogP contribution in [0.15, 0.2) is 0 Å². The van der Waals surface area contributed by atoms with Crippen LogP contribution in [0, 0.1) is 5.92 Å². The van der Waals surface area contributed by atoms with Gasteiger partial charge < -0.3 is 0 Å². The molecule has 0 aliphatic carbocycles. The van der Waals surface area contributed by atoms with Crippen molar-refractivity contribution in [2.75, 3.05) is 18.6 Å². The lowest BCUT2D eigenvalue weighted by Crippen LogP contribution is -2.29. The molecule has 0 bridgehead atoms. The Morgan fingerprint density at radius 3 is 1.29 bits per heavy atom. The van der Waals surface area contributed by atoms with Gasteiger partial charge in [0.2, 0.25) is 11.8 Å². The van der Waals surface area contributed by atoms with E-state index in [0.717, 1.165) is 0 Å². The summed E-state index contributed by atoms with van der Waals surface area (Å²) >= 11 is 0. The van der Waals surface area contributed by atoms with E-state index in [1.54, 1.807) is 13.8 Å². The number of hydrogen-bond acceptors (Lipinski definition) is 4. The topological polar surface area (TPSA) is 71.5 Å². The van der Waals surface area contributed by atoms with Gasteiger partial charge in [-0.3, -0.25) is 14.5 Å². The standard InChI is InChI=1S/C7H11NO2.C3H8O2S.4C2H6/c1-3-8-6(9)4-5(2)7(8)10;1-3-6(2,4)5;4*1-2/h5H,3-4H2,1-2H3;3H2,1-2H3;4*1-2H3. The Labute approximate surface area is 152 Å². The molecule has 150 valence electrons. The van der Waals surface area contributed by atoms with E-state index in [2.05, 4.69) is 0 Å². The van der Waals surface area contributed by atoms with Crippen LogP contribution in [0.3, 0.4) is 0 Å². The summed E-state index contributed by atoms with van der Waals surface area (Å²) in [7, 11) is -2.66. The van der Waals surface area contributed by atoms with Gasteiger partial charge in [0.1, 0.15) is 9.84 Å². The largest absolute Gasteiger partial charge is 0.283 e. The predicted molar refractivity (Wildman–Crippen MR) is 107 cm³/mol. The Morgan fingerprint density at radius 2 is 1.21 bits per heavy atom. The van der Waals surface area contributed by atoms with Crippen molar-refractivity contribution in [3.63, 3.8) is 0 Å². The van der Waals surface area contributed by atoms with Crippen LogP contribution in [0.25, 0.3) is 0 Å². The van der Waals surface area contributed by atoms with Crippen molar-refractivity contribution in [1.82, 2.24) is 4.90 Å². The normalized spacial score (nSPS) is 14.8. The van der Waals surface area contributed by atoms with Crippen LogP contribution in [0.2, 0.25) is 0 Å². The number of rotatable bonds is 2. The minimum Gasteiger partial charge on any atom is -0.283 e. The zero-order valence-corrected chi connectivity index (χ0v) is 19.0. The Bertz CT molecular complexity index is 365. The Hall–Kier alpha value is -0.910. The number of carbonyl (C=O) groups excluding carboxylic acids is 2. The van der Waals surface area contributed by atoms with E-state index in [1.807, 2.05) is 62.3 Å². The lowest BCUT2D eigenvalue weighted by atomic mass is 10.1. The summed E-state index contributed by atoms with van der Waals surface area (Å²) in [5, 5.41) is 0. The lowest BCUT2D eigenvalue weighted by molar-refractivity contribution is -0.138. The SMILES string of the molecule is CC.CC.CC.CC.CCN1C(=O)CC(C)C1=O.CCS(C)(=O)=O. The number of imide groups is 1. The molecule has 6 heteroatoms. The Balaban J connectivity index is -0.0000000743. The molecule has 1 saturated heterocycles. The third-order valence-electron chi connectivity index (χ3n) is 2.31. The Kier molecular flexibility index (Phi) is 34.9. The van der Waals surface area contributed by atoms with Crippen LogP contribution in [0.1, 0.15) is 82.6 Å². The van der Waals surface area contributed by atoms with Crippen LogP contribution < -0.4 is 0 Å². The van der Waals surface area contributed by atoms with Crippen LogP contribution in [0.5, 0.6) is 0 Å². The summed E-state index contributed by atoms with van der Waals surface area (Å²) in [5.74, 6) is 0.104. The highest BCUT2D eigenvalue weighted by Gasteiger charge is 2.33. The van der Waals surface area contributed by atoms with Crippen molar-refractivity contribution in [3.8, 4) is 0 Å². The van der Waals surface area contributed by atoms with Crippen LogP contribution in [0.4, 0.5) is 0 Å². The van der Waals surface area contributed by atoms with Crippen molar-refractivity contribution in [1.29, 1.82) is 0 Å². The maximum atomic E-state index is 11.1. The summed E-state index contributed by atoms with van der Waals surface area (Å²) in [4.78, 5) is 23.3. The number of hydrogen-bond donors (Lipinski definition) is 0. The molecule has 0 saturated carbocycles. The van der Waals surface area contributed by atoms with Crippen LogP contribution in [-0.4, -0.2) is 43.7 Å². The quantitative estimate of drug-likeness (QED) is 0.669. The van der Waals surface area contributed by atoms with Gasteiger partial charge >= 0.3 is 0 Å². The molecule has 0 spiro atoms. The maximum absolute atomic E-state index is 11.1. The van der Waals surface area contributed by atoms with Gasteiger partial charge in [-0.1, -0.05) is 69.2 Å². The van der Waals surface area contributed by atoms with E-state index in [4.69, 9.17) is 0 Å². The van der Waals surface area contributed by atoms with E-state index in [0.29, 0.717) is 13.0 Å². The molecule has 1 unspecified atom stereocenters. The molecule has 0 radical (unpaired) electrons. The molecule has 24 heavy (non-hydrogen) atoms. The second-order valence-electron chi connectivity index (χ2n) is 3.80. The van der Waals surface area contributed by atoms with E-state index in [9.17, 15) is 18.0 Å². The van der Waals surface area contributed by atoms with Gasteiger partial charge in [-0.2, -0.15) is 0 Å². The summed E-state index contributed by atoms with van der Waals surface area (Å²) in [6.45, 7) is 21.7. The van der Waals surface area contributed by atoms with Gasteiger partial charge in [-0.25, -0.2) is 8.42 Å². The molecule has 5 nitrogen and oxygen atoms in total. The number of sulfone groups is 1. The van der Waals surface area contributed by atoms with E-state index in [1.165, 1.54) is 11.2 Å². The molecule has 1 heterocycles. The Morgan fingerprint density at radius 1 is 0.917 bits per heavy atom. The van der Waals surface area contributed by atoms with Crippen molar-refractivity contribution < 1.29 is 18.0 Å². The van der Waals surface area contributed by atoms with E-state index in [-0.39, 0.29) is 23.5 Å². The van der Waals surface area contributed by atoms with E-state index < -0.39 is 9.84 Å². The second-order valence-corrected chi connectivity index (χ2v) is 6.22. The van der Waals surface area contributed by atoms with Gasteiger partial charge in [-0.05, 0) is 6.92 Å². The molecule has 0 N–H and O–H groups in total. The highest BCUT2D eigenvalue weighted by molar-refractivity contribution is 7.90. The van der Waals surface area contributed by atoms with Crippen LogP contribution in [-0.2, 0) is 19.4 Å². The molecular weight excluding hydrogens is 326 g/mol. The first-order chi connectivity index (χ1) is 11.2. The zero-order chi connectivity index (χ0) is 20.9. The fourth-order valence-corrected chi connectivity index (χ4v) is 1.18. The minimum absolute atomic E-state index is 0.0208. The highest BCUT2D eigenvalue weighted by atomic mass is 32.2. The maximum Gasteiger partial charge on any atom is 0.232 e. The van der Waals surface area contributed by atoms with Gasteiger partial charge in [0.15, 0.2) is 0 Å². The summed E-state index contributed by atoms with van der Waals surface area (Å²) < 4.78 is 20.0. The third-order valence-corrected chi connectivity index (χ3v) is 3.36. The molecule has 1 aliphatic heterocycles. The van der Waals surface area contributed by atoms with Crippen molar-refractivity contribution in [3.05, 3.63) is 0 Å². The zero-order valence-electron chi connectivity index (χ0n) is 18.2. The molecule has 0 aromatic heterocycles. The monoisotopic (exact) mass is 369 g/mol. The third kappa shape index (κ3) is 21.1. The number of likely N-dealkylation sites (tertiary alicyclic amines) is 1. The van der Waals surface area contributed by atoms with Gasteiger partial charge in [0.05, 0.1) is 0 Å². The number of nitrogens with zero attached hydrogens (tertiary/aromatic N) is 1. The second kappa shape index (κ2) is 24.3. The molecule has 1 rings (SSSR count). The van der Waals surface area contributed by atoms with Gasteiger partial charge in [0, 0.05) is 30.9 Å². The fourth-order valence-electron chi connectivity index (χ4n) is 1.18. The molecular formula is C18H43NO4S. The van der Waals surface area contributed by atoms with Crippen molar-refractivity contribution in [2.24, 2.45) is 5.92 Å². The van der Waals surface area contributed by atoms with Crippen molar-refractivity contribution in [2.45, 2.75) is 82.6 Å². The predicted octanol–water partition coefficient (Wildman–Crippen LogP) is 4.56. The molecule has 1 aliphatic rings. The first-order valence-corrected chi connectivity index (χ1v) is 11.3. The summed E-state index contributed by atoms with van der Waals surface area (Å²) in [6, 6.07) is 0. The van der Waals surface area contributed by atoms with Gasteiger partial charge in [0.25, 0.3) is 0 Å².